The number of carbonyl (C=O) groups is 3. The highest BCUT2D eigenvalue weighted by atomic mass is 16.5. The zero-order chi connectivity index (χ0) is 29.6. The van der Waals surface area contributed by atoms with Gasteiger partial charge in [0.1, 0.15) is 0 Å². The highest BCUT2D eigenvalue weighted by Crippen LogP contribution is 2.33. The summed E-state index contributed by atoms with van der Waals surface area (Å²) in [7, 11) is 0. The van der Waals surface area contributed by atoms with Crippen LogP contribution < -0.4 is 5.32 Å². The summed E-state index contributed by atoms with van der Waals surface area (Å²) in [5.41, 5.74) is 3.67. The minimum Gasteiger partial charge on any atom is -0.463 e. The van der Waals surface area contributed by atoms with Gasteiger partial charge in [-0.2, -0.15) is 0 Å². The average Bonchev–Trinajstić information content (AvgIpc) is 3.20. The maximum absolute atomic E-state index is 13.5. The molecule has 218 valence electrons. The van der Waals surface area contributed by atoms with Crippen LogP contribution in [0.15, 0.2) is 78.5 Å². The summed E-state index contributed by atoms with van der Waals surface area (Å²) in [4.78, 5) is 45.7. The van der Waals surface area contributed by atoms with Crippen molar-refractivity contribution in [3.8, 4) is 0 Å². The predicted molar refractivity (Wildman–Crippen MR) is 160 cm³/mol. The Morgan fingerprint density at radius 2 is 1.73 bits per heavy atom. The maximum atomic E-state index is 13.5. The fourth-order valence-corrected chi connectivity index (χ4v) is 5.38. The topological polar surface area (TPSA) is 82.2 Å². The molecule has 1 saturated heterocycles. The first-order valence-electron chi connectivity index (χ1n) is 14.4. The summed E-state index contributed by atoms with van der Waals surface area (Å²) in [6.45, 7) is 15.5. The predicted octanol–water partition coefficient (Wildman–Crippen LogP) is 4.90. The van der Waals surface area contributed by atoms with Gasteiger partial charge in [0.05, 0.1) is 18.2 Å². The van der Waals surface area contributed by atoms with Gasteiger partial charge in [0.15, 0.2) is 0 Å². The summed E-state index contributed by atoms with van der Waals surface area (Å²) in [6, 6.07) is 16.4. The van der Waals surface area contributed by atoms with Crippen LogP contribution in [0.4, 0.5) is 4.79 Å². The molecule has 4 rings (SSSR count). The normalized spacial score (nSPS) is 18.5. The van der Waals surface area contributed by atoms with Crippen molar-refractivity contribution < 1.29 is 19.1 Å². The Hall–Kier alpha value is -3.91. The van der Waals surface area contributed by atoms with Crippen LogP contribution in [0.3, 0.4) is 0 Å². The van der Waals surface area contributed by atoms with Crippen molar-refractivity contribution in [1.29, 1.82) is 0 Å². The van der Waals surface area contributed by atoms with Gasteiger partial charge in [-0.05, 0) is 42.0 Å². The van der Waals surface area contributed by atoms with E-state index >= 15 is 0 Å². The lowest BCUT2D eigenvalue weighted by Crippen LogP contribution is -2.51. The molecule has 0 aromatic heterocycles. The van der Waals surface area contributed by atoms with Crippen molar-refractivity contribution in [3.63, 3.8) is 0 Å². The zero-order valence-corrected chi connectivity index (χ0v) is 24.7. The fraction of sp³-hybridized carbons (Fsp3) is 0.424. The van der Waals surface area contributed by atoms with E-state index < -0.39 is 12.0 Å². The quantitative estimate of drug-likeness (QED) is 0.368. The number of nitrogens with one attached hydrogen (secondary N) is 1. The van der Waals surface area contributed by atoms with E-state index in [1.165, 1.54) is 0 Å². The van der Waals surface area contributed by atoms with E-state index in [9.17, 15) is 14.4 Å². The van der Waals surface area contributed by atoms with Gasteiger partial charge in [-0.1, -0.05) is 69.3 Å². The summed E-state index contributed by atoms with van der Waals surface area (Å²) >= 11 is 0. The molecule has 1 fully saturated rings. The van der Waals surface area contributed by atoms with Crippen molar-refractivity contribution in [1.82, 2.24) is 20.0 Å². The summed E-state index contributed by atoms with van der Waals surface area (Å²) < 4.78 is 5.54. The largest absolute Gasteiger partial charge is 0.463 e. The minimum absolute atomic E-state index is 0.0166. The van der Waals surface area contributed by atoms with Crippen molar-refractivity contribution in [3.05, 3.63) is 95.2 Å². The number of rotatable bonds is 8. The summed E-state index contributed by atoms with van der Waals surface area (Å²) in [6.07, 6.45) is 2.44. The molecule has 8 heteroatoms. The molecular formula is C33H42N4O4. The molecule has 0 radical (unpaired) electrons. The van der Waals surface area contributed by atoms with E-state index in [0.29, 0.717) is 43.0 Å². The van der Waals surface area contributed by atoms with Crippen molar-refractivity contribution in [2.24, 2.45) is 0 Å². The lowest BCUT2D eigenvalue weighted by Gasteiger charge is -2.38. The molecule has 0 spiro atoms. The van der Waals surface area contributed by atoms with Crippen LogP contribution in [-0.2, 0) is 14.9 Å². The first-order chi connectivity index (χ1) is 19.6. The van der Waals surface area contributed by atoms with Gasteiger partial charge in [-0.25, -0.2) is 9.59 Å². The van der Waals surface area contributed by atoms with Gasteiger partial charge in [0.2, 0.25) is 0 Å². The Morgan fingerprint density at radius 1 is 1.02 bits per heavy atom. The van der Waals surface area contributed by atoms with Gasteiger partial charge in [0.25, 0.3) is 5.91 Å². The van der Waals surface area contributed by atoms with Crippen LogP contribution in [0.25, 0.3) is 0 Å². The van der Waals surface area contributed by atoms with E-state index in [1.807, 2.05) is 59.5 Å². The lowest BCUT2D eigenvalue weighted by atomic mass is 9.85. The van der Waals surface area contributed by atoms with Crippen LogP contribution in [-0.4, -0.2) is 78.5 Å². The number of nitrogens with zero attached hydrogens (tertiary/aromatic N) is 3. The molecule has 3 amide bonds. The lowest BCUT2D eigenvalue weighted by molar-refractivity contribution is -0.139. The number of amides is 3. The second-order valence-electron chi connectivity index (χ2n) is 11.5. The SMILES string of the molecule is C=CCN1C(=O)NC(c2ccc(C(C)(C)C)cc2)C(C(=O)OCC)=C1CN1CCCN(C(=O)c2ccccc2)CC1. The van der Waals surface area contributed by atoms with Crippen LogP contribution >= 0.6 is 0 Å². The highest BCUT2D eigenvalue weighted by molar-refractivity contribution is 5.95. The van der Waals surface area contributed by atoms with E-state index in [1.54, 1.807) is 17.9 Å². The van der Waals surface area contributed by atoms with Gasteiger partial charge < -0.3 is 15.0 Å². The van der Waals surface area contributed by atoms with E-state index in [2.05, 4.69) is 37.6 Å². The molecule has 2 heterocycles. The van der Waals surface area contributed by atoms with Gasteiger partial charge >= 0.3 is 12.0 Å². The van der Waals surface area contributed by atoms with Gasteiger partial charge in [-0.3, -0.25) is 14.6 Å². The minimum atomic E-state index is -0.644. The number of urea groups is 1. The molecule has 2 aromatic rings. The number of hydrogen-bond acceptors (Lipinski definition) is 5. The summed E-state index contributed by atoms with van der Waals surface area (Å²) in [5, 5.41) is 3.04. The molecule has 0 saturated carbocycles. The molecule has 1 N–H and O–H groups in total. The standard InChI is InChI=1S/C33H42N4O4/c1-6-18-37-27(23-35-19-11-20-36(22-21-35)30(38)25-12-9-8-10-13-25)28(31(39)41-7-2)29(34-32(37)40)24-14-16-26(17-15-24)33(3,4)5/h6,8-10,12-17,29H,1,7,11,18-23H2,2-5H3,(H,34,40). The maximum Gasteiger partial charge on any atom is 0.338 e. The second-order valence-corrected chi connectivity index (χ2v) is 11.5. The molecule has 1 unspecified atom stereocenters. The van der Waals surface area contributed by atoms with E-state index in [4.69, 9.17) is 4.74 Å². The van der Waals surface area contributed by atoms with Crippen LogP contribution in [0.2, 0.25) is 0 Å². The molecule has 41 heavy (non-hydrogen) atoms. The highest BCUT2D eigenvalue weighted by Gasteiger charge is 2.38. The van der Waals surface area contributed by atoms with Crippen LogP contribution in [0, 0.1) is 0 Å². The number of hydrogen-bond donors (Lipinski definition) is 1. The Morgan fingerprint density at radius 3 is 2.37 bits per heavy atom. The molecule has 1 atom stereocenters. The third kappa shape index (κ3) is 7.06. The molecule has 2 aliphatic heterocycles. The number of esters is 1. The summed E-state index contributed by atoms with van der Waals surface area (Å²) in [5.74, 6) is -0.430. The first-order valence-corrected chi connectivity index (χ1v) is 14.4. The molecule has 8 nitrogen and oxygen atoms in total. The average molecular weight is 559 g/mol. The number of carbonyl (C=O) groups excluding carboxylic acids is 3. The van der Waals surface area contributed by atoms with Gasteiger partial charge in [0, 0.05) is 50.5 Å². The number of benzene rings is 2. The Labute approximate surface area is 243 Å². The molecular weight excluding hydrogens is 516 g/mol. The van der Waals surface area contributed by atoms with Crippen LogP contribution in [0.5, 0.6) is 0 Å². The van der Waals surface area contributed by atoms with Crippen LogP contribution in [0.1, 0.15) is 61.6 Å². The fourth-order valence-electron chi connectivity index (χ4n) is 5.38. The van der Waals surface area contributed by atoms with E-state index in [0.717, 1.165) is 24.1 Å². The molecule has 2 aliphatic rings. The molecule has 2 aromatic carbocycles. The Balaban J connectivity index is 1.66. The Kier molecular flexibility index (Phi) is 9.65. The van der Waals surface area contributed by atoms with Crippen molar-refractivity contribution in [2.75, 3.05) is 45.9 Å². The third-order valence-electron chi connectivity index (χ3n) is 7.63. The Bertz CT molecular complexity index is 1280. The smallest absolute Gasteiger partial charge is 0.338 e. The first kappa shape index (κ1) is 30.1. The van der Waals surface area contributed by atoms with E-state index in [-0.39, 0.29) is 30.5 Å². The van der Waals surface area contributed by atoms with Crippen molar-refractivity contribution in [2.45, 2.75) is 45.6 Å². The molecule has 0 aliphatic carbocycles. The van der Waals surface area contributed by atoms with Gasteiger partial charge in [-0.15, -0.1) is 6.58 Å². The number of ether oxygens (including phenoxy) is 1. The van der Waals surface area contributed by atoms with Crippen molar-refractivity contribution >= 4 is 17.9 Å². The third-order valence-corrected chi connectivity index (χ3v) is 7.63. The zero-order valence-electron chi connectivity index (χ0n) is 24.7. The second kappa shape index (κ2) is 13.2. The molecule has 0 bridgehead atoms. The monoisotopic (exact) mass is 558 g/mol.